The van der Waals surface area contributed by atoms with Gasteiger partial charge < -0.3 is 10.3 Å². The molecule has 1 aromatic carbocycles. The lowest BCUT2D eigenvalue weighted by atomic mass is 9.99. The Morgan fingerprint density at radius 3 is 2.81 bits per heavy atom. The first-order chi connectivity index (χ1) is 12.5. The number of halogens is 1. The summed E-state index contributed by atoms with van der Waals surface area (Å²) in [4.78, 5) is 8.37. The highest BCUT2D eigenvalue weighted by Gasteiger charge is 2.36. The lowest BCUT2D eigenvalue weighted by Gasteiger charge is -2.18. The number of sulfonamides is 1. The van der Waals surface area contributed by atoms with Crippen LogP contribution in [0.1, 0.15) is 31.5 Å². The number of hydrogen-bond acceptors (Lipinski definition) is 8. The van der Waals surface area contributed by atoms with Crippen LogP contribution in [0, 0.1) is 0 Å². The molecule has 2 aromatic heterocycles. The highest BCUT2D eigenvalue weighted by atomic mass is 35.5. The largest absolute Gasteiger partial charge is 0.334 e. The van der Waals surface area contributed by atoms with E-state index in [0.717, 1.165) is 25.7 Å². The van der Waals surface area contributed by atoms with E-state index < -0.39 is 15.6 Å². The zero-order valence-corrected chi connectivity index (χ0v) is 15.6. The molecule has 12 heteroatoms. The number of fused-ring (bicyclic) bond motifs is 3. The summed E-state index contributed by atoms with van der Waals surface area (Å²) in [6, 6.07) is 4.83. The predicted molar refractivity (Wildman–Crippen MR) is 97.0 cm³/mol. The van der Waals surface area contributed by atoms with Crippen molar-refractivity contribution >= 4 is 28.4 Å². The molecule has 3 N–H and O–H groups in total. The Kier molecular flexibility index (Phi) is 3.98. The van der Waals surface area contributed by atoms with Gasteiger partial charge in [-0.2, -0.15) is 19.7 Å². The first kappa shape index (κ1) is 17.9. The molecular formula is C15H16ClN7O3S. The number of benzene rings is 1. The fraction of sp³-hybridized carbons (Fsp3) is 0.333. The van der Waals surface area contributed by atoms with Crippen molar-refractivity contribution in [2.45, 2.75) is 36.1 Å². The van der Waals surface area contributed by atoms with Gasteiger partial charge in [-0.3, -0.25) is 0 Å². The summed E-state index contributed by atoms with van der Waals surface area (Å²) in [5.41, 5.74) is 6.69. The SMILES string of the molecule is Cl.NC1(c2noc(-c3ccc4c(c3)S(=O)(=O)Nc3ncnn3-4)n2)CCCC1. The van der Waals surface area contributed by atoms with Gasteiger partial charge in [0.1, 0.15) is 11.2 Å². The minimum Gasteiger partial charge on any atom is -0.334 e. The third-order valence-electron chi connectivity index (χ3n) is 4.87. The molecule has 3 aromatic rings. The number of nitrogens with one attached hydrogen (secondary N) is 1. The van der Waals surface area contributed by atoms with Gasteiger partial charge in [-0.25, -0.2) is 13.1 Å². The first-order valence-electron chi connectivity index (χ1n) is 8.17. The predicted octanol–water partition coefficient (Wildman–Crippen LogP) is 1.58. The van der Waals surface area contributed by atoms with Gasteiger partial charge in [0.15, 0.2) is 5.82 Å². The quantitative estimate of drug-likeness (QED) is 0.649. The molecule has 10 nitrogen and oxygen atoms in total. The molecule has 0 atom stereocenters. The summed E-state index contributed by atoms with van der Waals surface area (Å²) >= 11 is 0. The fourth-order valence-electron chi connectivity index (χ4n) is 3.47. The molecule has 142 valence electrons. The van der Waals surface area contributed by atoms with E-state index in [2.05, 4.69) is 24.9 Å². The van der Waals surface area contributed by atoms with Crippen molar-refractivity contribution in [2.24, 2.45) is 5.73 Å². The van der Waals surface area contributed by atoms with Crippen LogP contribution in [-0.4, -0.2) is 33.3 Å². The van der Waals surface area contributed by atoms with Gasteiger partial charge in [0.25, 0.3) is 15.9 Å². The van der Waals surface area contributed by atoms with Gasteiger partial charge >= 0.3 is 0 Å². The summed E-state index contributed by atoms with van der Waals surface area (Å²) in [5.74, 6) is 0.845. The van der Waals surface area contributed by atoms with Gasteiger partial charge in [-0.1, -0.05) is 18.0 Å². The second kappa shape index (κ2) is 6.01. The van der Waals surface area contributed by atoms with Crippen molar-refractivity contribution in [1.82, 2.24) is 24.9 Å². The van der Waals surface area contributed by atoms with Crippen LogP contribution in [0.25, 0.3) is 17.1 Å². The topological polar surface area (TPSA) is 142 Å². The molecule has 1 aliphatic carbocycles. The van der Waals surface area contributed by atoms with Crippen molar-refractivity contribution in [3.63, 3.8) is 0 Å². The minimum atomic E-state index is -3.76. The van der Waals surface area contributed by atoms with E-state index in [9.17, 15) is 8.42 Å². The second-order valence-electron chi connectivity index (χ2n) is 6.57. The second-order valence-corrected chi connectivity index (χ2v) is 8.22. The van der Waals surface area contributed by atoms with Crippen LogP contribution in [0.3, 0.4) is 0 Å². The third kappa shape index (κ3) is 2.69. The highest BCUT2D eigenvalue weighted by Crippen LogP contribution is 2.36. The van der Waals surface area contributed by atoms with E-state index >= 15 is 0 Å². The Balaban J connectivity index is 0.00000180. The Hall–Kier alpha value is -2.50. The van der Waals surface area contributed by atoms with Gasteiger partial charge in [0, 0.05) is 5.56 Å². The average molecular weight is 410 g/mol. The van der Waals surface area contributed by atoms with Crippen LogP contribution in [0.5, 0.6) is 0 Å². The van der Waals surface area contributed by atoms with Crippen molar-refractivity contribution < 1.29 is 12.9 Å². The molecule has 0 unspecified atom stereocenters. The Morgan fingerprint density at radius 2 is 2.04 bits per heavy atom. The summed E-state index contributed by atoms with van der Waals surface area (Å²) in [6.45, 7) is 0. The van der Waals surface area contributed by atoms with Crippen LogP contribution in [0.15, 0.2) is 33.9 Å². The molecule has 0 amide bonds. The number of hydrogen-bond donors (Lipinski definition) is 2. The number of nitrogens with zero attached hydrogens (tertiary/aromatic N) is 5. The first-order valence-corrected chi connectivity index (χ1v) is 9.65. The minimum absolute atomic E-state index is 0. The Morgan fingerprint density at radius 1 is 1.26 bits per heavy atom. The number of aromatic nitrogens is 5. The molecule has 0 bridgehead atoms. The standard InChI is InChI=1S/C15H15N7O3S.ClH/c16-15(5-1-2-6-15)13-19-12(25-20-13)9-3-4-10-11(7-9)26(23,24)21-14-17-8-18-22(10)14;/h3-4,7-8H,1-2,5-6,16H2,(H,17,18,21);1H. The van der Waals surface area contributed by atoms with Crippen molar-refractivity contribution in [3.05, 3.63) is 30.4 Å². The molecule has 0 radical (unpaired) electrons. The maximum atomic E-state index is 12.5. The molecule has 1 saturated carbocycles. The van der Waals surface area contributed by atoms with Crippen molar-refractivity contribution in [2.75, 3.05) is 4.72 Å². The molecular weight excluding hydrogens is 394 g/mol. The van der Waals surface area contributed by atoms with Crippen LogP contribution in [0.4, 0.5) is 5.95 Å². The maximum absolute atomic E-state index is 12.5. The van der Waals surface area contributed by atoms with E-state index in [1.807, 2.05) is 0 Å². The average Bonchev–Trinajstić information content (AvgIpc) is 3.34. The molecule has 1 fully saturated rings. The van der Waals surface area contributed by atoms with E-state index in [-0.39, 0.29) is 29.1 Å². The van der Waals surface area contributed by atoms with E-state index in [4.69, 9.17) is 10.3 Å². The Labute approximate surface area is 160 Å². The third-order valence-corrected chi connectivity index (χ3v) is 6.22. The lowest BCUT2D eigenvalue weighted by molar-refractivity contribution is 0.372. The molecule has 5 rings (SSSR count). The zero-order valence-electron chi connectivity index (χ0n) is 14.0. The van der Waals surface area contributed by atoms with Gasteiger partial charge in [-0.15, -0.1) is 12.4 Å². The van der Waals surface area contributed by atoms with Crippen LogP contribution >= 0.6 is 12.4 Å². The fourth-order valence-corrected chi connectivity index (χ4v) is 4.67. The number of anilines is 1. The summed E-state index contributed by atoms with van der Waals surface area (Å²) in [5, 5.41) is 8.06. The number of nitrogens with two attached hydrogens (primary N) is 1. The summed E-state index contributed by atoms with van der Waals surface area (Å²) in [6.07, 6.45) is 4.97. The smallest absolute Gasteiger partial charge is 0.266 e. The Bertz CT molecular complexity index is 1120. The monoisotopic (exact) mass is 409 g/mol. The van der Waals surface area contributed by atoms with Crippen LogP contribution in [0.2, 0.25) is 0 Å². The van der Waals surface area contributed by atoms with E-state index in [1.54, 1.807) is 12.1 Å². The summed E-state index contributed by atoms with van der Waals surface area (Å²) in [7, 11) is -3.76. The highest BCUT2D eigenvalue weighted by molar-refractivity contribution is 7.93. The molecule has 3 heterocycles. The van der Waals surface area contributed by atoms with E-state index in [0.29, 0.717) is 17.1 Å². The summed E-state index contributed by atoms with van der Waals surface area (Å²) < 4.78 is 34.2. The number of rotatable bonds is 2. The lowest BCUT2D eigenvalue weighted by Crippen LogP contribution is -2.34. The van der Waals surface area contributed by atoms with Crippen LogP contribution < -0.4 is 10.5 Å². The van der Waals surface area contributed by atoms with Crippen molar-refractivity contribution in [3.8, 4) is 17.1 Å². The van der Waals surface area contributed by atoms with Gasteiger partial charge in [0.2, 0.25) is 5.95 Å². The molecule has 27 heavy (non-hydrogen) atoms. The maximum Gasteiger partial charge on any atom is 0.266 e. The van der Waals surface area contributed by atoms with Crippen LogP contribution in [-0.2, 0) is 15.6 Å². The van der Waals surface area contributed by atoms with E-state index in [1.165, 1.54) is 17.1 Å². The van der Waals surface area contributed by atoms with Crippen molar-refractivity contribution in [1.29, 1.82) is 0 Å². The molecule has 0 spiro atoms. The molecule has 2 aliphatic rings. The zero-order chi connectivity index (χ0) is 17.9. The normalized spacial score (nSPS) is 18.9. The molecule has 1 aliphatic heterocycles. The molecule has 0 saturated heterocycles. The van der Waals surface area contributed by atoms with Gasteiger partial charge in [-0.05, 0) is 31.0 Å². The van der Waals surface area contributed by atoms with Gasteiger partial charge in [0.05, 0.1) is 11.2 Å².